The van der Waals surface area contributed by atoms with Crippen LogP contribution >= 0.6 is 0 Å². The van der Waals surface area contributed by atoms with E-state index in [0.717, 1.165) is 12.2 Å². The number of methoxy groups -OCH3 is 3. The second-order valence-electron chi connectivity index (χ2n) is 6.17. The van der Waals surface area contributed by atoms with E-state index in [2.05, 4.69) is 4.74 Å². The van der Waals surface area contributed by atoms with Crippen LogP contribution < -0.4 is 0 Å². The van der Waals surface area contributed by atoms with Crippen LogP contribution in [-0.2, 0) is 33.3 Å². The van der Waals surface area contributed by atoms with E-state index in [4.69, 9.17) is 14.2 Å². The summed E-state index contributed by atoms with van der Waals surface area (Å²) in [4.78, 5) is 36.5. The summed E-state index contributed by atoms with van der Waals surface area (Å²) in [6.45, 7) is 4.20. The molecular formula is C17H29NO8. The fraction of sp³-hybridized carbons (Fsp3) is 0.706. The number of esters is 2. The first-order valence-electron chi connectivity index (χ1n) is 8.07. The van der Waals surface area contributed by atoms with Crippen LogP contribution in [0.15, 0.2) is 12.2 Å². The molecule has 1 N–H and O–H groups in total. The van der Waals surface area contributed by atoms with Gasteiger partial charge in [0.1, 0.15) is 6.10 Å². The highest BCUT2D eigenvalue weighted by atomic mass is 16.5. The van der Waals surface area contributed by atoms with Crippen molar-refractivity contribution in [3.63, 3.8) is 0 Å². The molecular weight excluding hydrogens is 346 g/mol. The molecule has 9 nitrogen and oxygen atoms in total. The Morgan fingerprint density at radius 3 is 1.96 bits per heavy atom. The lowest BCUT2D eigenvalue weighted by Gasteiger charge is -2.33. The first kappa shape index (κ1) is 24.0. The Morgan fingerprint density at radius 1 is 1.00 bits per heavy atom. The van der Waals surface area contributed by atoms with Crippen molar-refractivity contribution in [1.82, 2.24) is 4.90 Å². The molecule has 0 aromatic heterocycles. The standard InChI is InChI=1S/C17H29NO8/c1-17(2,12-26-14(20)7-6-13(19)25-5)15(21)16(22)18(8-10-23-3)9-11-24-4/h6-7,15,21H,8-12H2,1-5H3/b7-6+. The van der Waals surface area contributed by atoms with Crippen LogP contribution in [0.4, 0.5) is 0 Å². The van der Waals surface area contributed by atoms with Crippen LogP contribution in [0.5, 0.6) is 0 Å². The van der Waals surface area contributed by atoms with Crippen molar-refractivity contribution < 1.29 is 38.4 Å². The third-order valence-electron chi connectivity index (χ3n) is 3.56. The number of carbonyl (C=O) groups excluding carboxylic acids is 3. The molecule has 0 radical (unpaired) electrons. The molecule has 26 heavy (non-hydrogen) atoms. The number of ether oxygens (including phenoxy) is 4. The van der Waals surface area contributed by atoms with E-state index in [1.54, 1.807) is 13.8 Å². The maximum Gasteiger partial charge on any atom is 0.331 e. The highest BCUT2D eigenvalue weighted by Gasteiger charge is 2.37. The molecule has 0 saturated heterocycles. The Hall–Kier alpha value is -1.97. The number of hydrogen-bond acceptors (Lipinski definition) is 8. The molecule has 0 aliphatic carbocycles. The zero-order valence-corrected chi connectivity index (χ0v) is 16.0. The van der Waals surface area contributed by atoms with Gasteiger partial charge in [-0.2, -0.15) is 0 Å². The van der Waals surface area contributed by atoms with Gasteiger partial charge in [0.15, 0.2) is 0 Å². The summed E-state index contributed by atoms with van der Waals surface area (Å²) in [5.41, 5.74) is -1.04. The molecule has 0 aliphatic rings. The lowest BCUT2D eigenvalue weighted by Crippen LogP contribution is -2.49. The number of nitrogens with zero attached hydrogens (tertiary/aromatic N) is 1. The van der Waals surface area contributed by atoms with Gasteiger partial charge in [-0.15, -0.1) is 0 Å². The summed E-state index contributed by atoms with van der Waals surface area (Å²) >= 11 is 0. The van der Waals surface area contributed by atoms with E-state index in [-0.39, 0.29) is 6.61 Å². The summed E-state index contributed by atoms with van der Waals surface area (Å²) in [6.07, 6.45) is 0.446. The van der Waals surface area contributed by atoms with Gasteiger partial charge >= 0.3 is 11.9 Å². The van der Waals surface area contributed by atoms with Gasteiger partial charge in [0, 0.05) is 44.9 Å². The Morgan fingerprint density at radius 2 is 1.50 bits per heavy atom. The minimum absolute atomic E-state index is 0.216. The van der Waals surface area contributed by atoms with Crippen LogP contribution in [-0.4, -0.2) is 88.2 Å². The maximum atomic E-state index is 12.5. The average Bonchev–Trinajstić information content (AvgIpc) is 2.63. The quantitative estimate of drug-likeness (QED) is 0.368. The predicted octanol–water partition coefficient (Wildman–Crippen LogP) is -0.233. The Balaban J connectivity index is 4.80. The molecule has 0 aliphatic heterocycles. The fourth-order valence-electron chi connectivity index (χ4n) is 1.83. The summed E-state index contributed by atoms with van der Waals surface area (Å²) in [7, 11) is 4.21. The van der Waals surface area contributed by atoms with Crippen LogP contribution in [0.1, 0.15) is 13.8 Å². The van der Waals surface area contributed by atoms with Crippen molar-refractivity contribution in [3.05, 3.63) is 12.2 Å². The number of carbonyl (C=O) groups is 3. The van der Waals surface area contributed by atoms with Crippen LogP contribution in [0.3, 0.4) is 0 Å². The van der Waals surface area contributed by atoms with Gasteiger partial charge in [-0.25, -0.2) is 9.59 Å². The summed E-state index contributed by atoms with van der Waals surface area (Å²) < 4.78 is 19.3. The summed E-state index contributed by atoms with van der Waals surface area (Å²) in [5, 5.41) is 10.4. The molecule has 1 unspecified atom stereocenters. The van der Waals surface area contributed by atoms with Crippen molar-refractivity contribution in [2.75, 3.05) is 54.2 Å². The van der Waals surface area contributed by atoms with E-state index in [1.165, 1.54) is 26.2 Å². The number of amides is 1. The summed E-state index contributed by atoms with van der Waals surface area (Å²) in [5.74, 6) is -1.98. The molecule has 0 saturated carbocycles. The van der Waals surface area contributed by atoms with E-state index in [1.807, 2.05) is 0 Å². The van der Waals surface area contributed by atoms with Crippen molar-refractivity contribution in [1.29, 1.82) is 0 Å². The van der Waals surface area contributed by atoms with Crippen molar-refractivity contribution in [3.8, 4) is 0 Å². The smallest absolute Gasteiger partial charge is 0.331 e. The number of rotatable bonds is 12. The van der Waals surface area contributed by atoms with E-state index < -0.39 is 29.4 Å². The molecule has 150 valence electrons. The zero-order valence-electron chi connectivity index (χ0n) is 16.0. The van der Waals surface area contributed by atoms with Crippen molar-refractivity contribution in [2.24, 2.45) is 5.41 Å². The zero-order chi connectivity index (χ0) is 20.2. The Bertz CT molecular complexity index is 481. The van der Waals surface area contributed by atoms with Crippen molar-refractivity contribution >= 4 is 17.8 Å². The van der Waals surface area contributed by atoms with Gasteiger partial charge in [0.2, 0.25) is 0 Å². The lowest BCUT2D eigenvalue weighted by atomic mass is 9.86. The van der Waals surface area contributed by atoms with Gasteiger partial charge < -0.3 is 29.0 Å². The third kappa shape index (κ3) is 8.93. The molecule has 1 atom stereocenters. The number of aliphatic hydroxyl groups excluding tert-OH is 1. The second-order valence-corrected chi connectivity index (χ2v) is 6.17. The fourth-order valence-corrected chi connectivity index (χ4v) is 1.83. The van der Waals surface area contributed by atoms with Gasteiger partial charge in [-0.1, -0.05) is 13.8 Å². The monoisotopic (exact) mass is 375 g/mol. The minimum Gasteiger partial charge on any atom is -0.466 e. The Kier molecular flexibility index (Phi) is 11.5. The first-order valence-corrected chi connectivity index (χ1v) is 8.07. The molecule has 0 aromatic carbocycles. The largest absolute Gasteiger partial charge is 0.466 e. The third-order valence-corrected chi connectivity index (χ3v) is 3.56. The average molecular weight is 375 g/mol. The molecule has 0 rings (SSSR count). The van der Waals surface area contributed by atoms with Crippen LogP contribution in [0, 0.1) is 5.41 Å². The lowest BCUT2D eigenvalue weighted by molar-refractivity contribution is -0.155. The highest BCUT2D eigenvalue weighted by molar-refractivity contribution is 5.91. The summed E-state index contributed by atoms with van der Waals surface area (Å²) in [6, 6.07) is 0. The molecule has 0 bridgehead atoms. The number of aliphatic hydroxyl groups is 1. The molecule has 0 spiro atoms. The first-order chi connectivity index (χ1) is 12.2. The minimum atomic E-state index is -1.39. The van der Waals surface area contributed by atoms with Gasteiger partial charge in [0.25, 0.3) is 5.91 Å². The predicted molar refractivity (Wildman–Crippen MR) is 92.2 cm³/mol. The molecule has 0 aromatic rings. The highest BCUT2D eigenvalue weighted by Crippen LogP contribution is 2.23. The van der Waals surface area contributed by atoms with E-state index in [0.29, 0.717) is 26.3 Å². The van der Waals surface area contributed by atoms with Crippen molar-refractivity contribution in [2.45, 2.75) is 20.0 Å². The SMILES string of the molecule is COCCN(CCOC)C(=O)C(O)C(C)(C)COC(=O)/C=C/C(=O)OC. The number of hydrogen-bond donors (Lipinski definition) is 1. The normalized spacial score (nSPS) is 12.7. The van der Waals surface area contributed by atoms with E-state index >= 15 is 0 Å². The topological polar surface area (TPSA) is 112 Å². The maximum absolute atomic E-state index is 12.5. The second kappa shape index (κ2) is 12.4. The molecule has 9 heteroatoms. The van der Waals surface area contributed by atoms with Crippen LogP contribution in [0.2, 0.25) is 0 Å². The van der Waals surface area contributed by atoms with Gasteiger partial charge in [-0.05, 0) is 0 Å². The van der Waals surface area contributed by atoms with Gasteiger partial charge in [0.05, 0.1) is 26.9 Å². The molecule has 0 fully saturated rings. The molecule has 1 amide bonds. The van der Waals surface area contributed by atoms with Gasteiger partial charge in [-0.3, -0.25) is 4.79 Å². The van der Waals surface area contributed by atoms with Crippen LogP contribution in [0.25, 0.3) is 0 Å². The Labute approximate surface area is 153 Å². The molecule has 0 heterocycles. The van der Waals surface area contributed by atoms with E-state index in [9.17, 15) is 19.5 Å².